The summed E-state index contributed by atoms with van der Waals surface area (Å²) >= 11 is 0. The third kappa shape index (κ3) is 7.15. The number of nitro groups is 1. The van der Waals surface area contributed by atoms with E-state index in [0.717, 1.165) is 24.5 Å². The summed E-state index contributed by atoms with van der Waals surface area (Å²) in [5.41, 5.74) is 3.93. The van der Waals surface area contributed by atoms with E-state index in [-0.39, 0.29) is 29.4 Å². The Bertz CT molecular complexity index is 1150. The summed E-state index contributed by atoms with van der Waals surface area (Å²) < 4.78 is 39.2. The topological polar surface area (TPSA) is 123 Å². The number of rotatable bonds is 14. The SMILES string of the molecule is CCCOc1ccc(/C(C)=N\Nc2ccc([N+](=O)[O-])cc2S(=O)(=O)N(CC)CC)cc1OCCC. The fraction of sp³-hybridized carbons (Fsp3) is 0.458. The smallest absolute Gasteiger partial charge is 0.270 e. The van der Waals surface area contributed by atoms with Crippen molar-refractivity contribution in [3.63, 3.8) is 0 Å². The maximum Gasteiger partial charge on any atom is 0.270 e. The van der Waals surface area contributed by atoms with Crippen LogP contribution in [0.25, 0.3) is 0 Å². The number of hydrogen-bond acceptors (Lipinski definition) is 8. The molecule has 0 heterocycles. The minimum absolute atomic E-state index is 0.146. The average Bonchev–Trinajstić information content (AvgIpc) is 2.85. The van der Waals surface area contributed by atoms with Crippen LogP contribution >= 0.6 is 0 Å². The average molecular weight is 507 g/mol. The predicted octanol–water partition coefficient (Wildman–Crippen LogP) is 5.04. The van der Waals surface area contributed by atoms with E-state index in [9.17, 15) is 18.5 Å². The van der Waals surface area contributed by atoms with Crippen LogP contribution in [0.5, 0.6) is 11.5 Å². The number of sulfonamides is 1. The van der Waals surface area contributed by atoms with E-state index < -0.39 is 14.9 Å². The van der Waals surface area contributed by atoms with E-state index in [4.69, 9.17) is 9.47 Å². The third-order valence-electron chi connectivity index (χ3n) is 5.13. The molecule has 0 unspecified atom stereocenters. The second-order valence-electron chi connectivity index (χ2n) is 7.69. The molecule has 0 amide bonds. The summed E-state index contributed by atoms with van der Waals surface area (Å²) in [5, 5.41) is 15.6. The predicted molar refractivity (Wildman–Crippen MR) is 137 cm³/mol. The zero-order valence-electron chi connectivity index (χ0n) is 20.9. The molecule has 11 heteroatoms. The normalized spacial score (nSPS) is 12.0. The first-order valence-corrected chi connectivity index (χ1v) is 13.1. The lowest BCUT2D eigenvalue weighted by Gasteiger charge is -2.20. The molecule has 192 valence electrons. The molecule has 0 fully saturated rings. The first-order valence-electron chi connectivity index (χ1n) is 11.7. The highest BCUT2D eigenvalue weighted by atomic mass is 32.2. The van der Waals surface area contributed by atoms with Crippen molar-refractivity contribution >= 4 is 27.1 Å². The second kappa shape index (κ2) is 13.1. The van der Waals surface area contributed by atoms with Gasteiger partial charge in [0.2, 0.25) is 10.0 Å². The monoisotopic (exact) mass is 506 g/mol. The number of benzene rings is 2. The lowest BCUT2D eigenvalue weighted by Crippen LogP contribution is -2.31. The van der Waals surface area contributed by atoms with Crippen molar-refractivity contribution in [2.45, 2.75) is 52.4 Å². The van der Waals surface area contributed by atoms with Gasteiger partial charge < -0.3 is 9.47 Å². The quantitative estimate of drug-likeness (QED) is 0.216. The summed E-state index contributed by atoms with van der Waals surface area (Å²) in [6, 6.07) is 9.13. The fourth-order valence-electron chi connectivity index (χ4n) is 3.23. The van der Waals surface area contributed by atoms with Crippen molar-refractivity contribution < 1.29 is 22.8 Å². The molecule has 1 N–H and O–H groups in total. The Balaban J connectivity index is 2.43. The lowest BCUT2D eigenvalue weighted by atomic mass is 10.1. The number of nitro benzene ring substituents is 1. The van der Waals surface area contributed by atoms with Crippen LogP contribution in [0.1, 0.15) is 53.0 Å². The Labute approximate surface area is 207 Å². The van der Waals surface area contributed by atoms with Crippen molar-refractivity contribution in [1.82, 2.24) is 4.31 Å². The fourth-order valence-corrected chi connectivity index (χ4v) is 4.85. The van der Waals surface area contributed by atoms with Gasteiger partial charge in [-0.15, -0.1) is 0 Å². The van der Waals surface area contributed by atoms with Crippen LogP contribution in [0.4, 0.5) is 11.4 Å². The molecule has 0 atom stereocenters. The van der Waals surface area contributed by atoms with E-state index in [1.54, 1.807) is 20.8 Å². The van der Waals surface area contributed by atoms with Crippen molar-refractivity contribution in [2.24, 2.45) is 5.10 Å². The van der Waals surface area contributed by atoms with Gasteiger partial charge in [0.15, 0.2) is 11.5 Å². The number of hydrogen-bond donors (Lipinski definition) is 1. The molecule has 35 heavy (non-hydrogen) atoms. The van der Waals surface area contributed by atoms with Crippen LogP contribution in [-0.4, -0.2) is 49.7 Å². The van der Waals surface area contributed by atoms with Gasteiger partial charge in [-0.25, -0.2) is 8.42 Å². The van der Waals surface area contributed by atoms with Crippen LogP contribution in [-0.2, 0) is 10.0 Å². The van der Waals surface area contributed by atoms with Gasteiger partial charge in [0.1, 0.15) is 4.90 Å². The molecule has 0 saturated carbocycles. The van der Waals surface area contributed by atoms with Crippen molar-refractivity contribution in [1.29, 1.82) is 0 Å². The molecule has 10 nitrogen and oxygen atoms in total. The van der Waals surface area contributed by atoms with Gasteiger partial charge >= 0.3 is 0 Å². The van der Waals surface area contributed by atoms with Crippen LogP contribution < -0.4 is 14.9 Å². The molecular formula is C24H34N4O6S. The Hall–Kier alpha value is -3.18. The van der Waals surface area contributed by atoms with Crippen LogP contribution in [0.3, 0.4) is 0 Å². The highest BCUT2D eigenvalue weighted by Gasteiger charge is 2.27. The van der Waals surface area contributed by atoms with Crippen molar-refractivity contribution in [3.05, 3.63) is 52.1 Å². The molecule has 0 aliphatic rings. The first-order chi connectivity index (χ1) is 16.7. The van der Waals surface area contributed by atoms with Gasteiger partial charge in [0.25, 0.3) is 5.69 Å². The van der Waals surface area contributed by atoms with Gasteiger partial charge in [0.05, 0.1) is 29.5 Å². The van der Waals surface area contributed by atoms with Gasteiger partial charge in [0, 0.05) is 30.8 Å². The number of hydrazone groups is 1. The maximum atomic E-state index is 13.2. The number of nitrogens with zero attached hydrogens (tertiary/aromatic N) is 3. The highest BCUT2D eigenvalue weighted by Crippen LogP contribution is 2.31. The Morgan fingerprint density at radius 2 is 1.63 bits per heavy atom. The van der Waals surface area contributed by atoms with E-state index in [1.807, 2.05) is 32.0 Å². The molecule has 0 radical (unpaired) electrons. The molecule has 0 aliphatic carbocycles. The highest BCUT2D eigenvalue weighted by molar-refractivity contribution is 7.89. The summed E-state index contributed by atoms with van der Waals surface area (Å²) in [7, 11) is -3.97. The maximum absolute atomic E-state index is 13.2. The summed E-state index contributed by atoms with van der Waals surface area (Å²) in [5.74, 6) is 1.25. The lowest BCUT2D eigenvalue weighted by molar-refractivity contribution is -0.385. The van der Waals surface area contributed by atoms with Gasteiger partial charge in [-0.1, -0.05) is 27.7 Å². The van der Waals surface area contributed by atoms with Crippen molar-refractivity contribution in [3.8, 4) is 11.5 Å². The third-order valence-corrected chi connectivity index (χ3v) is 7.22. The molecule has 0 aromatic heterocycles. The second-order valence-corrected chi connectivity index (χ2v) is 9.60. The molecule has 0 aliphatic heterocycles. The molecule has 2 aromatic rings. The Morgan fingerprint density at radius 1 is 1.00 bits per heavy atom. The number of anilines is 1. The zero-order chi connectivity index (χ0) is 26.0. The molecule has 0 bridgehead atoms. The van der Waals surface area contributed by atoms with Gasteiger partial charge in [-0.05, 0) is 44.0 Å². The summed E-state index contributed by atoms with van der Waals surface area (Å²) in [6.07, 6.45) is 1.71. The van der Waals surface area contributed by atoms with Crippen LogP contribution in [0, 0.1) is 10.1 Å². The van der Waals surface area contributed by atoms with Crippen molar-refractivity contribution in [2.75, 3.05) is 31.7 Å². The molecule has 2 rings (SSSR count). The molecule has 0 saturated heterocycles. The minimum atomic E-state index is -3.97. The summed E-state index contributed by atoms with van der Waals surface area (Å²) in [4.78, 5) is 10.4. The number of ether oxygens (including phenoxy) is 2. The van der Waals surface area contributed by atoms with Crippen LogP contribution in [0.15, 0.2) is 46.4 Å². The Morgan fingerprint density at radius 3 is 2.20 bits per heavy atom. The number of non-ortho nitro benzene ring substituents is 1. The zero-order valence-corrected chi connectivity index (χ0v) is 21.7. The van der Waals surface area contributed by atoms with Crippen LogP contribution in [0.2, 0.25) is 0 Å². The number of nitrogens with one attached hydrogen (secondary N) is 1. The first kappa shape index (κ1) is 28.1. The standard InChI is InChI=1S/C24H34N4O6S/c1-6-14-33-22-13-10-19(16-23(22)34-15-7-2)18(5)25-26-21-12-11-20(28(29)30)17-24(21)35(31,32)27(8-3)9-4/h10-13,16-17,26H,6-9,14-15H2,1-5H3/b25-18-. The van der Waals surface area contributed by atoms with E-state index in [0.29, 0.717) is 30.4 Å². The van der Waals surface area contributed by atoms with E-state index >= 15 is 0 Å². The largest absolute Gasteiger partial charge is 0.490 e. The molecule has 2 aromatic carbocycles. The molecule has 0 spiro atoms. The van der Waals surface area contributed by atoms with Gasteiger partial charge in [-0.2, -0.15) is 9.41 Å². The van der Waals surface area contributed by atoms with E-state index in [1.165, 1.54) is 16.4 Å². The Kier molecular flexibility index (Phi) is 10.5. The summed E-state index contributed by atoms with van der Waals surface area (Å²) in [6.45, 7) is 10.8. The van der Waals surface area contributed by atoms with Gasteiger partial charge in [-0.3, -0.25) is 15.5 Å². The van der Waals surface area contributed by atoms with E-state index in [2.05, 4.69) is 10.5 Å². The molecular weight excluding hydrogens is 472 g/mol. The minimum Gasteiger partial charge on any atom is -0.490 e.